The smallest absolute Gasteiger partial charge is 0.306 e. The predicted molar refractivity (Wildman–Crippen MR) is 116 cm³/mol. The maximum atomic E-state index is 14.3. The lowest BCUT2D eigenvalue weighted by Gasteiger charge is -2.16. The Morgan fingerprint density at radius 3 is 2.53 bits per heavy atom. The Labute approximate surface area is 183 Å². The number of carbonyl (C=O) groups is 1. The molecular weight excluding hydrogens is 418 g/mol. The molecule has 3 rings (SSSR count). The first-order valence-corrected chi connectivity index (χ1v) is 10.0. The van der Waals surface area contributed by atoms with Gasteiger partial charge >= 0.3 is 5.92 Å². The van der Waals surface area contributed by atoms with Crippen LogP contribution in [0.2, 0.25) is 0 Å². The molecule has 1 amide bonds. The van der Waals surface area contributed by atoms with Gasteiger partial charge in [0.2, 0.25) is 5.91 Å². The third-order valence-corrected chi connectivity index (χ3v) is 4.75. The van der Waals surface area contributed by atoms with E-state index in [1.807, 2.05) is 24.3 Å². The van der Waals surface area contributed by atoms with Gasteiger partial charge in [-0.2, -0.15) is 8.78 Å². The highest BCUT2D eigenvalue weighted by molar-refractivity contribution is 5.75. The van der Waals surface area contributed by atoms with E-state index in [0.29, 0.717) is 13.0 Å². The molecule has 0 bridgehead atoms. The van der Waals surface area contributed by atoms with Crippen LogP contribution in [0, 0.1) is 0 Å². The van der Waals surface area contributed by atoms with E-state index in [0.717, 1.165) is 15.7 Å². The second-order valence-electron chi connectivity index (χ2n) is 7.07. The van der Waals surface area contributed by atoms with Gasteiger partial charge in [0.15, 0.2) is 5.82 Å². The van der Waals surface area contributed by atoms with Crippen molar-refractivity contribution in [3.8, 4) is 0 Å². The average molecular weight is 442 g/mol. The van der Waals surface area contributed by atoms with Crippen molar-refractivity contribution in [2.24, 2.45) is 5.73 Å². The van der Waals surface area contributed by atoms with Crippen molar-refractivity contribution in [2.45, 2.75) is 25.4 Å². The largest absolute Gasteiger partial charge is 0.359 e. The van der Waals surface area contributed by atoms with Crippen LogP contribution in [-0.4, -0.2) is 33.5 Å². The lowest BCUT2D eigenvalue weighted by atomic mass is 10.0. The molecule has 0 unspecified atom stereocenters. The molecule has 3 aromatic rings. The Hall–Kier alpha value is -3.66. The molecule has 2 aromatic heterocycles. The summed E-state index contributed by atoms with van der Waals surface area (Å²) in [4.78, 5) is 32.4. The number of carbonyl (C=O) groups excluding carboxylic acids is 1. The Kier molecular flexibility index (Phi) is 7.61. The maximum Gasteiger partial charge on any atom is 0.306 e. The zero-order valence-electron chi connectivity index (χ0n) is 17.3. The summed E-state index contributed by atoms with van der Waals surface area (Å²) in [5, 5.41) is 5.13. The first-order valence-electron chi connectivity index (χ1n) is 10.0. The Bertz CT molecular complexity index is 1100. The number of hydrogen-bond acceptors (Lipinski definition) is 6. The topological polar surface area (TPSA) is 115 Å². The van der Waals surface area contributed by atoms with Gasteiger partial charge < -0.3 is 20.9 Å². The number of nitrogens with one attached hydrogen (secondary N) is 2. The predicted octanol–water partition coefficient (Wildman–Crippen LogP) is 1.66. The van der Waals surface area contributed by atoms with Gasteiger partial charge in [0.25, 0.3) is 5.56 Å². The van der Waals surface area contributed by atoms with E-state index < -0.39 is 29.6 Å². The number of benzene rings is 1. The summed E-state index contributed by atoms with van der Waals surface area (Å²) in [7, 11) is 0. The second kappa shape index (κ2) is 10.6. The lowest BCUT2D eigenvalue weighted by molar-refractivity contribution is -0.121. The summed E-state index contributed by atoms with van der Waals surface area (Å²) in [5.41, 5.74) is 6.50. The number of halogens is 2. The number of nitrogens with two attached hydrogens (primary N) is 1. The number of hydrogen-bond donors (Lipinski definition) is 3. The monoisotopic (exact) mass is 442 g/mol. The van der Waals surface area contributed by atoms with Crippen LogP contribution >= 0.6 is 0 Å². The molecular formula is C22H24F2N6O2. The van der Waals surface area contributed by atoms with Gasteiger partial charge in [0, 0.05) is 25.1 Å². The number of anilines is 1. The summed E-state index contributed by atoms with van der Waals surface area (Å²) in [6.45, 7) is -0.352. The van der Waals surface area contributed by atoms with Crippen LogP contribution in [0.4, 0.5) is 14.6 Å². The minimum Gasteiger partial charge on any atom is -0.359 e. The highest BCUT2D eigenvalue weighted by Gasteiger charge is 2.33. The SMILES string of the molecule is NCCc1ccccc1CNC(=O)Cn1ccnc(NCC(F)(F)c2ccccn2)c1=O. The molecule has 0 radical (unpaired) electrons. The summed E-state index contributed by atoms with van der Waals surface area (Å²) in [5.74, 6) is -3.97. The number of pyridine rings is 1. The summed E-state index contributed by atoms with van der Waals surface area (Å²) >= 11 is 0. The molecule has 0 aliphatic carbocycles. The number of nitrogens with zero attached hydrogens (tertiary/aromatic N) is 3. The molecule has 0 atom stereocenters. The molecule has 0 saturated heterocycles. The highest BCUT2D eigenvalue weighted by Crippen LogP contribution is 2.25. The summed E-state index contributed by atoms with van der Waals surface area (Å²) < 4.78 is 29.7. The van der Waals surface area contributed by atoms with Crippen molar-refractivity contribution in [2.75, 3.05) is 18.4 Å². The van der Waals surface area contributed by atoms with Crippen molar-refractivity contribution in [3.63, 3.8) is 0 Å². The lowest BCUT2D eigenvalue weighted by Crippen LogP contribution is -2.34. The van der Waals surface area contributed by atoms with E-state index >= 15 is 0 Å². The number of alkyl halides is 2. The van der Waals surface area contributed by atoms with Gasteiger partial charge in [-0.15, -0.1) is 0 Å². The standard InChI is InChI=1S/C22H24F2N6O2/c23-22(24,18-7-3-4-10-26-18)15-29-20-21(32)30(12-11-27-20)14-19(31)28-13-17-6-2-1-5-16(17)8-9-25/h1-7,10-12H,8-9,13-15,25H2,(H,27,29)(H,28,31). The minimum absolute atomic E-state index is 0.272. The molecule has 4 N–H and O–H groups in total. The van der Waals surface area contributed by atoms with E-state index in [9.17, 15) is 18.4 Å². The van der Waals surface area contributed by atoms with Crippen molar-refractivity contribution >= 4 is 11.7 Å². The van der Waals surface area contributed by atoms with Crippen LogP contribution in [0.25, 0.3) is 0 Å². The number of aromatic nitrogens is 3. The normalized spacial score (nSPS) is 11.2. The van der Waals surface area contributed by atoms with Crippen molar-refractivity contribution in [1.82, 2.24) is 19.9 Å². The molecule has 0 aliphatic heterocycles. The van der Waals surface area contributed by atoms with Crippen molar-refractivity contribution in [1.29, 1.82) is 0 Å². The fourth-order valence-electron chi connectivity index (χ4n) is 3.09. The molecule has 32 heavy (non-hydrogen) atoms. The molecule has 8 nitrogen and oxygen atoms in total. The molecule has 2 heterocycles. The van der Waals surface area contributed by atoms with Crippen molar-refractivity contribution in [3.05, 3.63) is 88.2 Å². The van der Waals surface area contributed by atoms with Gasteiger partial charge in [-0.3, -0.25) is 14.6 Å². The third kappa shape index (κ3) is 5.94. The van der Waals surface area contributed by atoms with Crippen molar-refractivity contribution < 1.29 is 13.6 Å². The summed E-state index contributed by atoms with van der Waals surface area (Å²) in [6.07, 6.45) is 4.55. The van der Waals surface area contributed by atoms with Gasteiger partial charge in [-0.1, -0.05) is 30.3 Å². The quantitative estimate of drug-likeness (QED) is 0.440. The Morgan fingerprint density at radius 2 is 1.81 bits per heavy atom. The van der Waals surface area contributed by atoms with Gasteiger partial charge in [0.1, 0.15) is 12.2 Å². The zero-order valence-corrected chi connectivity index (χ0v) is 17.3. The Balaban J connectivity index is 1.62. The first-order chi connectivity index (χ1) is 15.4. The van der Waals surface area contributed by atoms with Crippen LogP contribution in [0.5, 0.6) is 0 Å². The fraction of sp³-hybridized carbons (Fsp3) is 0.273. The van der Waals surface area contributed by atoms with Crippen LogP contribution in [-0.2, 0) is 30.2 Å². The first kappa shape index (κ1) is 23.0. The Morgan fingerprint density at radius 1 is 1.06 bits per heavy atom. The van der Waals surface area contributed by atoms with E-state index in [4.69, 9.17) is 5.73 Å². The van der Waals surface area contributed by atoms with E-state index in [2.05, 4.69) is 20.6 Å². The van der Waals surface area contributed by atoms with E-state index in [1.54, 1.807) is 0 Å². The molecule has 0 aliphatic rings. The fourth-order valence-corrected chi connectivity index (χ4v) is 3.09. The van der Waals surface area contributed by atoms with Crippen LogP contribution in [0.1, 0.15) is 16.8 Å². The van der Waals surface area contributed by atoms with E-state index in [-0.39, 0.29) is 18.9 Å². The molecule has 0 spiro atoms. The van der Waals surface area contributed by atoms with Gasteiger partial charge in [0.05, 0.1) is 6.54 Å². The molecule has 168 valence electrons. The average Bonchev–Trinajstić information content (AvgIpc) is 2.80. The number of rotatable bonds is 10. The molecule has 0 fully saturated rings. The molecule has 0 saturated carbocycles. The molecule has 10 heteroatoms. The minimum atomic E-state index is -3.30. The van der Waals surface area contributed by atoms with Crippen LogP contribution in [0.3, 0.4) is 0 Å². The second-order valence-corrected chi connectivity index (χ2v) is 7.07. The van der Waals surface area contributed by atoms with Gasteiger partial charge in [-0.25, -0.2) is 4.98 Å². The zero-order chi connectivity index (χ0) is 23.0. The molecule has 1 aromatic carbocycles. The highest BCUT2D eigenvalue weighted by atomic mass is 19.3. The van der Waals surface area contributed by atoms with Crippen LogP contribution < -0.4 is 21.9 Å². The van der Waals surface area contributed by atoms with Gasteiger partial charge in [-0.05, 0) is 36.2 Å². The summed E-state index contributed by atoms with van der Waals surface area (Å²) in [6, 6.07) is 11.8. The van der Waals surface area contributed by atoms with Crippen LogP contribution in [0.15, 0.2) is 65.8 Å². The third-order valence-electron chi connectivity index (χ3n) is 4.75. The number of amides is 1. The van der Waals surface area contributed by atoms with E-state index in [1.165, 1.54) is 36.8 Å². The maximum absolute atomic E-state index is 14.3.